The molecule has 1 heterocycles. The smallest absolute Gasteiger partial charge is 0.0931 e. The van der Waals surface area contributed by atoms with E-state index < -0.39 is 5.41 Å². The molecule has 0 unspecified atom stereocenters. The second kappa shape index (κ2) is 5.64. The third-order valence-electron chi connectivity index (χ3n) is 2.98. The summed E-state index contributed by atoms with van der Waals surface area (Å²) >= 11 is 7.47. The van der Waals surface area contributed by atoms with Gasteiger partial charge in [0, 0.05) is 17.1 Å². The molecule has 0 aliphatic rings. The maximum Gasteiger partial charge on any atom is 0.0931 e. The van der Waals surface area contributed by atoms with E-state index in [1.54, 1.807) is 11.3 Å². The van der Waals surface area contributed by atoms with Gasteiger partial charge in [0.2, 0.25) is 0 Å². The monoisotopic (exact) mass is 290 g/mol. The van der Waals surface area contributed by atoms with Gasteiger partial charge in [-0.1, -0.05) is 23.7 Å². The van der Waals surface area contributed by atoms with Gasteiger partial charge in [-0.15, -0.1) is 11.3 Å². The molecule has 0 saturated carbocycles. The molecule has 0 atom stereocenters. The molecule has 2 nitrogen and oxygen atoms in total. The van der Waals surface area contributed by atoms with Crippen molar-refractivity contribution in [2.45, 2.75) is 25.8 Å². The van der Waals surface area contributed by atoms with Crippen LogP contribution in [0.15, 0.2) is 36.4 Å². The second-order valence-electron chi connectivity index (χ2n) is 4.87. The van der Waals surface area contributed by atoms with E-state index in [-0.39, 0.29) is 0 Å². The van der Waals surface area contributed by atoms with E-state index in [1.807, 2.05) is 50.2 Å². The van der Waals surface area contributed by atoms with Crippen molar-refractivity contribution in [3.63, 3.8) is 0 Å². The zero-order chi connectivity index (χ0) is 13.9. The molecule has 0 aliphatic carbocycles. The summed E-state index contributed by atoms with van der Waals surface area (Å²) in [6.45, 7) is 4.60. The van der Waals surface area contributed by atoms with Crippen LogP contribution in [0, 0.1) is 11.3 Å². The Morgan fingerprint density at radius 1 is 1.21 bits per heavy atom. The Morgan fingerprint density at radius 3 is 2.42 bits per heavy atom. The first-order chi connectivity index (χ1) is 9.01. The van der Waals surface area contributed by atoms with E-state index in [1.165, 1.54) is 4.88 Å². The van der Waals surface area contributed by atoms with Crippen LogP contribution in [0.4, 0.5) is 5.69 Å². The molecule has 0 amide bonds. The first-order valence-corrected chi connectivity index (χ1v) is 7.20. The molecule has 0 saturated heterocycles. The average Bonchev–Trinajstić information content (AvgIpc) is 2.83. The Bertz CT molecular complexity index is 593. The maximum atomic E-state index is 9.09. The lowest BCUT2D eigenvalue weighted by Gasteiger charge is -2.16. The van der Waals surface area contributed by atoms with Crippen LogP contribution in [0.2, 0.25) is 4.34 Å². The summed E-state index contributed by atoms with van der Waals surface area (Å²) in [6.07, 6.45) is 0. The fourth-order valence-corrected chi connectivity index (χ4v) is 2.73. The molecule has 19 heavy (non-hydrogen) atoms. The molecule has 0 bridgehead atoms. The number of benzene rings is 1. The van der Waals surface area contributed by atoms with Crippen LogP contribution < -0.4 is 5.32 Å². The quantitative estimate of drug-likeness (QED) is 0.876. The molecule has 0 aliphatic heterocycles. The lowest BCUT2D eigenvalue weighted by molar-refractivity contribution is 0.687. The topological polar surface area (TPSA) is 35.8 Å². The average molecular weight is 291 g/mol. The number of nitriles is 1. The number of nitrogens with zero attached hydrogens (tertiary/aromatic N) is 1. The summed E-state index contributed by atoms with van der Waals surface area (Å²) in [4.78, 5) is 1.20. The van der Waals surface area contributed by atoms with Gasteiger partial charge in [-0.05, 0) is 43.7 Å². The molecule has 98 valence electrons. The third kappa shape index (κ3) is 3.50. The molecule has 2 aromatic rings. The molecular weight excluding hydrogens is 276 g/mol. The highest BCUT2D eigenvalue weighted by atomic mass is 35.5. The molecule has 0 fully saturated rings. The zero-order valence-electron chi connectivity index (χ0n) is 10.9. The number of rotatable bonds is 4. The minimum absolute atomic E-state index is 0.445. The minimum Gasteiger partial charge on any atom is -0.380 e. The van der Waals surface area contributed by atoms with Crippen LogP contribution in [0.1, 0.15) is 24.3 Å². The first kappa shape index (κ1) is 13.9. The molecule has 1 aromatic carbocycles. The van der Waals surface area contributed by atoms with Gasteiger partial charge in [0.1, 0.15) is 0 Å². The molecule has 2 rings (SSSR count). The minimum atomic E-state index is -0.445. The van der Waals surface area contributed by atoms with E-state index in [4.69, 9.17) is 16.9 Å². The van der Waals surface area contributed by atoms with Gasteiger partial charge >= 0.3 is 0 Å². The van der Waals surface area contributed by atoms with Crippen molar-refractivity contribution in [1.29, 1.82) is 5.26 Å². The van der Waals surface area contributed by atoms with Crippen molar-refractivity contribution in [1.82, 2.24) is 0 Å². The van der Waals surface area contributed by atoms with Gasteiger partial charge in [0.25, 0.3) is 0 Å². The summed E-state index contributed by atoms with van der Waals surface area (Å²) in [5, 5.41) is 12.4. The van der Waals surface area contributed by atoms with Gasteiger partial charge < -0.3 is 5.32 Å². The molecule has 0 radical (unpaired) electrons. The summed E-state index contributed by atoms with van der Waals surface area (Å²) in [5.74, 6) is 0. The van der Waals surface area contributed by atoms with Crippen molar-refractivity contribution in [2.24, 2.45) is 0 Å². The lowest BCUT2D eigenvalue weighted by Crippen LogP contribution is -2.13. The summed E-state index contributed by atoms with van der Waals surface area (Å²) in [5.41, 5.74) is 1.63. The van der Waals surface area contributed by atoms with Crippen molar-refractivity contribution in [3.05, 3.63) is 51.2 Å². The van der Waals surface area contributed by atoms with Crippen molar-refractivity contribution >= 4 is 28.6 Å². The molecule has 0 spiro atoms. The number of hydrogen-bond acceptors (Lipinski definition) is 3. The van der Waals surface area contributed by atoms with Crippen molar-refractivity contribution < 1.29 is 0 Å². The largest absolute Gasteiger partial charge is 0.380 e. The Balaban J connectivity index is 2.02. The van der Waals surface area contributed by atoms with E-state index in [0.717, 1.165) is 22.1 Å². The molecule has 4 heteroatoms. The zero-order valence-corrected chi connectivity index (χ0v) is 12.5. The number of hydrogen-bond donors (Lipinski definition) is 1. The normalized spacial score (nSPS) is 11.1. The highest BCUT2D eigenvalue weighted by Crippen LogP contribution is 2.25. The highest BCUT2D eigenvalue weighted by Gasteiger charge is 2.18. The maximum absolute atomic E-state index is 9.09. The van der Waals surface area contributed by atoms with E-state index in [0.29, 0.717) is 0 Å². The van der Waals surface area contributed by atoms with Gasteiger partial charge in [-0.25, -0.2) is 0 Å². The van der Waals surface area contributed by atoms with Gasteiger partial charge in [-0.2, -0.15) is 5.26 Å². The number of halogens is 1. The number of thiophene rings is 1. The summed E-state index contributed by atoms with van der Waals surface area (Å²) < 4.78 is 0.808. The predicted molar refractivity (Wildman–Crippen MR) is 81.7 cm³/mol. The van der Waals surface area contributed by atoms with Crippen LogP contribution in [-0.2, 0) is 12.0 Å². The Kier molecular flexibility index (Phi) is 4.14. The van der Waals surface area contributed by atoms with E-state index in [9.17, 15) is 0 Å². The molecule has 1 aromatic heterocycles. The SMILES string of the molecule is CC(C)(C#N)c1ccc(NCc2ccc(Cl)s2)cc1. The lowest BCUT2D eigenvalue weighted by atomic mass is 9.86. The number of nitrogens with one attached hydrogen (secondary N) is 1. The van der Waals surface area contributed by atoms with Crippen LogP contribution >= 0.6 is 22.9 Å². The standard InChI is InChI=1S/C15H15ClN2S/c1-15(2,10-17)11-3-5-12(6-4-11)18-9-13-7-8-14(16)19-13/h3-8,18H,9H2,1-2H3. The Labute approximate surface area is 122 Å². The fourth-order valence-electron chi connectivity index (χ4n) is 1.71. The predicted octanol–water partition coefficient (Wildman–Crippen LogP) is 4.81. The summed E-state index contributed by atoms with van der Waals surface area (Å²) in [7, 11) is 0. The van der Waals surface area contributed by atoms with Gasteiger partial charge in [0.15, 0.2) is 0 Å². The van der Waals surface area contributed by atoms with Crippen molar-refractivity contribution in [3.8, 4) is 6.07 Å². The molecular formula is C15H15ClN2S. The Hall–Kier alpha value is -1.50. The highest BCUT2D eigenvalue weighted by molar-refractivity contribution is 7.16. The van der Waals surface area contributed by atoms with Gasteiger partial charge in [0.05, 0.1) is 15.8 Å². The second-order valence-corrected chi connectivity index (χ2v) is 6.67. The third-order valence-corrected chi connectivity index (χ3v) is 4.21. The van der Waals surface area contributed by atoms with Gasteiger partial charge in [-0.3, -0.25) is 0 Å². The first-order valence-electron chi connectivity index (χ1n) is 6.01. The Morgan fingerprint density at radius 2 is 1.89 bits per heavy atom. The fraction of sp³-hybridized carbons (Fsp3) is 0.267. The van der Waals surface area contributed by atoms with Crippen LogP contribution in [0.3, 0.4) is 0 Å². The van der Waals surface area contributed by atoms with E-state index >= 15 is 0 Å². The van der Waals surface area contributed by atoms with Crippen molar-refractivity contribution in [2.75, 3.05) is 5.32 Å². The van der Waals surface area contributed by atoms with Crippen LogP contribution in [-0.4, -0.2) is 0 Å². The molecule has 1 N–H and O–H groups in total. The van der Waals surface area contributed by atoms with Crippen LogP contribution in [0.5, 0.6) is 0 Å². The van der Waals surface area contributed by atoms with E-state index in [2.05, 4.69) is 11.4 Å². The summed E-state index contributed by atoms with van der Waals surface area (Å²) in [6, 6.07) is 14.2. The van der Waals surface area contributed by atoms with Crippen LogP contribution in [0.25, 0.3) is 0 Å². The number of anilines is 1.